The number of anilines is 1. The lowest BCUT2D eigenvalue weighted by Crippen LogP contribution is -2.13. The van der Waals surface area contributed by atoms with Crippen LogP contribution in [0.25, 0.3) is 0 Å². The van der Waals surface area contributed by atoms with E-state index in [9.17, 15) is 4.79 Å². The van der Waals surface area contributed by atoms with E-state index < -0.39 is 0 Å². The summed E-state index contributed by atoms with van der Waals surface area (Å²) in [6.07, 6.45) is 0. The molecule has 0 atom stereocenters. The summed E-state index contributed by atoms with van der Waals surface area (Å²) in [6.45, 7) is 0. The molecule has 0 radical (unpaired) electrons. The Labute approximate surface area is 141 Å². The molecule has 0 aliphatic rings. The average Bonchev–Trinajstić information content (AvgIpc) is 2.49. The molecular formula is C15H13ClINO3. The summed E-state index contributed by atoms with van der Waals surface area (Å²) in [5, 5.41) is 3.47. The van der Waals surface area contributed by atoms with Gasteiger partial charge < -0.3 is 14.8 Å². The summed E-state index contributed by atoms with van der Waals surface area (Å²) in [5.74, 6) is 0.878. The monoisotopic (exact) mass is 417 g/mol. The number of rotatable bonds is 4. The average molecular weight is 418 g/mol. The SMILES string of the molecule is COc1cc(OC)cc(C(=O)Nc2ccc(Cl)cc2I)c1. The molecule has 0 heterocycles. The molecule has 0 aromatic heterocycles. The fourth-order valence-electron chi connectivity index (χ4n) is 1.72. The molecule has 110 valence electrons. The van der Waals surface area contributed by atoms with Gasteiger partial charge >= 0.3 is 0 Å². The summed E-state index contributed by atoms with van der Waals surface area (Å²) in [5.41, 5.74) is 1.16. The van der Waals surface area contributed by atoms with Gasteiger partial charge in [-0.25, -0.2) is 0 Å². The van der Waals surface area contributed by atoms with Crippen molar-refractivity contribution >= 4 is 45.8 Å². The Morgan fingerprint density at radius 1 is 1.10 bits per heavy atom. The number of benzene rings is 2. The molecule has 0 fully saturated rings. The van der Waals surface area contributed by atoms with Crippen LogP contribution in [-0.4, -0.2) is 20.1 Å². The fraction of sp³-hybridized carbons (Fsp3) is 0.133. The molecule has 2 aromatic rings. The highest BCUT2D eigenvalue weighted by molar-refractivity contribution is 14.1. The summed E-state index contributed by atoms with van der Waals surface area (Å²) >= 11 is 8.02. The molecule has 4 nitrogen and oxygen atoms in total. The predicted octanol–water partition coefficient (Wildman–Crippen LogP) is 4.21. The topological polar surface area (TPSA) is 47.6 Å². The van der Waals surface area contributed by atoms with E-state index in [2.05, 4.69) is 27.9 Å². The molecule has 2 aromatic carbocycles. The minimum Gasteiger partial charge on any atom is -0.497 e. The minimum absolute atomic E-state index is 0.243. The molecular weight excluding hydrogens is 405 g/mol. The Morgan fingerprint density at radius 3 is 2.24 bits per heavy atom. The zero-order chi connectivity index (χ0) is 15.4. The highest BCUT2D eigenvalue weighted by Crippen LogP contribution is 2.25. The Morgan fingerprint density at radius 2 is 1.71 bits per heavy atom. The van der Waals surface area contributed by atoms with Crippen molar-refractivity contribution in [2.75, 3.05) is 19.5 Å². The van der Waals surface area contributed by atoms with Crippen molar-refractivity contribution in [3.05, 3.63) is 50.6 Å². The minimum atomic E-state index is -0.243. The molecule has 1 amide bonds. The quantitative estimate of drug-likeness (QED) is 0.758. The fourth-order valence-corrected chi connectivity index (χ4v) is 2.73. The molecule has 0 saturated heterocycles. The van der Waals surface area contributed by atoms with Gasteiger partial charge in [0.15, 0.2) is 0 Å². The molecule has 0 spiro atoms. The Balaban J connectivity index is 2.27. The zero-order valence-corrected chi connectivity index (χ0v) is 14.4. The summed E-state index contributed by atoms with van der Waals surface area (Å²) < 4.78 is 11.2. The van der Waals surface area contributed by atoms with Crippen molar-refractivity contribution in [2.45, 2.75) is 0 Å². The van der Waals surface area contributed by atoms with E-state index in [1.54, 1.807) is 50.6 Å². The van der Waals surface area contributed by atoms with Gasteiger partial charge in [-0.1, -0.05) is 11.6 Å². The van der Waals surface area contributed by atoms with Gasteiger partial charge in [0.05, 0.1) is 19.9 Å². The maximum Gasteiger partial charge on any atom is 0.255 e. The molecule has 0 aliphatic heterocycles. The van der Waals surface area contributed by atoms with E-state index in [0.29, 0.717) is 27.8 Å². The molecule has 0 aliphatic carbocycles. The first-order chi connectivity index (χ1) is 10.0. The number of amides is 1. The lowest BCUT2D eigenvalue weighted by atomic mass is 10.2. The van der Waals surface area contributed by atoms with E-state index >= 15 is 0 Å². The third-order valence-electron chi connectivity index (χ3n) is 2.79. The van der Waals surface area contributed by atoms with Crippen LogP contribution in [0, 0.1) is 3.57 Å². The van der Waals surface area contributed by atoms with Crippen molar-refractivity contribution in [3.8, 4) is 11.5 Å². The van der Waals surface area contributed by atoms with Gasteiger partial charge in [0.25, 0.3) is 5.91 Å². The van der Waals surface area contributed by atoms with Crippen LogP contribution in [0.4, 0.5) is 5.69 Å². The number of methoxy groups -OCH3 is 2. The van der Waals surface area contributed by atoms with Crippen molar-refractivity contribution < 1.29 is 14.3 Å². The van der Waals surface area contributed by atoms with Gasteiger partial charge in [-0.3, -0.25) is 4.79 Å². The summed E-state index contributed by atoms with van der Waals surface area (Å²) in [4.78, 5) is 12.3. The van der Waals surface area contributed by atoms with Gasteiger partial charge in [0.1, 0.15) is 11.5 Å². The van der Waals surface area contributed by atoms with Crippen LogP contribution < -0.4 is 14.8 Å². The standard InChI is InChI=1S/C15H13ClINO3/c1-20-11-5-9(6-12(8-11)21-2)15(19)18-14-4-3-10(16)7-13(14)17/h3-8H,1-2H3,(H,18,19). The van der Waals surface area contributed by atoms with Crippen molar-refractivity contribution in [2.24, 2.45) is 0 Å². The first kappa shape index (κ1) is 15.9. The van der Waals surface area contributed by atoms with Crippen molar-refractivity contribution in [1.82, 2.24) is 0 Å². The third kappa shape index (κ3) is 4.01. The Bertz CT molecular complexity index is 654. The summed E-state index contributed by atoms with van der Waals surface area (Å²) in [7, 11) is 3.08. The van der Waals surface area contributed by atoms with E-state index in [-0.39, 0.29) is 5.91 Å². The second-order valence-corrected chi connectivity index (χ2v) is 5.78. The Hall–Kier alpha value is -1.47. The number of carbonyl (C=O) groups excluding carboxylic acids is 1. The van der Waals surface area contributed by atoms with E-state index in [1.807, 2.05) is 0 Å². The molecule has 0 saturated carbocycles. The largest absolute Gasteiger partial charge is 0.497 e. The highest BCUT2D eigenvalue weighted by Gasteiger charge is 2.11. The first-order valence-corrected chi connectivity index (χ1v) is 7.48. The van der Waals surface area contributed by atoms with Crippen LogP contribution in [0.1, 0.15) is 10.4 Å². The van der Waals surface area contributed by atoms with Crippen molar-refractivity contribution in [1.29, 1.82) is 0 Å². The van der Waals surface area contributed by atoms with Gasteiger partial charge in [0, 0.05) is 20.2 Å². The van der Waals surface area contributed by atoms with Crippen LogP contribution in [0.5, 0.6) is 11.5 Å². The van der Waals surface area contributed by atoms with Crippen molar-refractivity contribution in [3.63, 3.8) is 0 Å². The number of halogens is 2. The van der Waals surface area contributed by atoms with Crippen LogP contribution in [0.3, 0.4) is 0 Å². The number of nitrogens with one attached hydrogen (secondary N) is 1. The zero-order valence-electron chi connectivity index (χ0n) is 11.4. The Kier molecular flexibility index (Phi) is 5.30. The maximum absolute atomic E-state index is 12.3. The van der Waals surface area contributed by atoms with E-state index in [4.69, 9.17) is 21.1 Å². The van der Waals surface area contributed by atoms with E-state index in [0.717, 1.165) is 3.57 Å². The van der Waals surface area contributed by atoms with Gasteiger partial charge in [0.2, 0.25) is 0 Å². The molecule has 1 N–H and O–H groups in total. The lowest BCUT2D eigenvalue weighted by Gasteiger charge is -2.10. The lowest BCUT2D eigenvalue weighted by molar-refractivity contribution is 0.102. The van der Waals surface area contributed by atoms with Crippen LogP contribution in [-0.2, 0) is 0 Å². The predicted molar refractivity (Wildman–Crippen MR) is 91.7 cm³/mol. The highest BCUT2D eigenvalue weighted by atomic mass is 127. The van der Waals surface area contributed by atoms with Crippen LogP contribution >= 0.6 is 34.2 Å². The van der Waals surface area contributed by atoms with Gasteiger partial charge in [-0.05, 0) is 52.9 Å². The molecule has 6 heteroatoms. The number of carbonyl (C=O) groups is 1. The second kappa shape index (κ2) is 7.00. The van der Waals surface area contributed by atoms with Crippen LogP contribution in [0.15, 0.2) is 36.4 Å². The molecule has 0 bridgehead atoms. The number of ether oxygens (including phenoxy) is 2. The van der Waals surface area contributed by atoms with E-state index in [1.165, 1.54) is 0 Å². The number of hydrogen-bond donors (Lipinski definition) is 1. The number of hydrogen-bond acceptors (Lipinski definition) is 3. The van der Waals surface area contributed by atoms with Gasteiger partial charge in [-0.2, -0.15) is 0 Å². The van der Waals surface area contributed by atoms with Crippen LogP contribution in [0.2, 0.25) is 5.02 Å². The normalized spacial score (nSPS) is 10.1. The molecule has 0 unspecified atom stereocenters. The van der Waals surface area contributed by atoms with Gasteiger partial charge in [-0.15, -0.1) is 0 Å². The third-order valence-corrected chi connectivity index (χ3v) is 3.92. The maximum atomic E-state index is 12.3. The molecule has 21 heavy (non-hydrogen) atoms. The smallest absolute Gasteiger partial charge is 0.255 e. The molecule has 2 rings (SSSR count). The summed E-state index contributed by atoms with van der Waals surface area (Å²) in [6, 6.07) is 10.3. The first-order valence-electron chi connectivity index (χ1n) is 6.03. The second-order valence-electron chi connectivity index (χ2n) is 4.18.